The Morgan fingerprint density at radius 2 is 2.00 bits per heavy atom. The summed E-state index contributed by atoms with van der Waals surface area (Å²) in [7, 11) is 3.28. The first-order valence-electron chi connectivity index (χ1n) is 6.09. The van der Waals surface area contributed by atoms with Crippen LogP contribution in [0.15, 0.2) is 22.5 Å². The van der Waals surface area contributed by atoms with Gasteiger partial charge in [-0.15, -0.1) is 10.2 Å². The maximum Gasteiger partial charge on any atom is 0.206 e. The van der Waals surface area contributed by atoms with Gasteiger partial charge in [-0.1, -0.05) is 29.2 Å². The van der Waals surface area contributed by atoms with Crippen molar-refractivity contribution in [2.45, 2.75) is 10.8 Å². The maximum absolute atomic E-state index is 5.29. The van der Waals surface area contributed by atoms with E-state index >= 15 is 0 Å². The van der Waals surface area contributed by atoms with Crippen LogP contribution >= 0.6 is 23.1 Å². The number of thioether (sulfide) groups is 1. The van der Waals surface area contributed by atoms with Crippen molar-refractivity contribution in [1.82, 2.24) is 10.2 Å². The van der Waals surface area contributed by atoms with Gasteiger partial charge in [0.05, 0.1) is 14.2 Å². The molecule has 0 bridgehead atoms. The molecule has 0 saturated heterocycles. The number of rotatable bonds is 7. The predicted octanol–water partition coefficient (Wildman–Crippen LogP) is 2.93. The topological polar surface area (TPSA) is 56.3 Å². The highest BCUT2D eigenvalue weighted by Crippen LogP contribution is 2.28. The van der Waals surface area contributed by atoms with Crippen molar-refractivity contribution < 1.29 is 9.47 Å². The minimum Gasteiger partial charge on any atom is -0.493 e. The molecule has 5 nitrogen and oxygen atoms in total. The third-order valence-electron chi connectivity index (χ3n) is 2.72. The number of anilines is 1. The van der Waals surface area contributed by atoms with Gasteiger partial charge in [0.15, 0.2) is 15.8 Å². The molecule has 1 aromatic carbocycles. The third kappa shape index (κ3) is 3.77. The van der Waals surface area contributed by atoms with Crippen LogP contribution in [0.3, 0.4) is 0 Å². The fraction of sp³-hybridized carbons (Fsp3) is 0.385. The zero-order chi connectivity index (χ0) is 14.4. The van der Waals surface area contributed by atoms with Crippen molar-refractivity contribution in [2.24, 2.45) is 0 Å². The Balaban J connectivity index is 1.90. The number of hydrogen-bond donors (Lipinski definition) is 1. The van der Waals surface area contributed by atoms with Gasteiger partial charge in [0, 0.05) is 6.54 Å². The Morgan fingerprint density at radius 3 is 2.65 bits per heavy atom. The first kappa shape index (κ1) is 14.9. The summed E-state index contributed by atoms with van der Waals surface area (Å²) in [5.74, 6) is 1.50. The highest BCUT2D eigenvalue weighted by atomic mass is 32.2. The average molecular weight is 311 g/mol. The van der Waals surface area contributed by atoms with Crippen LogP contribution in [0.25, 0.3) is 0 Å². The Kier molecular flexibility index (Phi) is 5.49. The molecule has 0 radical (unpaired) electrons. The van der Waals surface area contributed by atoms with E-state index in [1.54, 1.807) is 37.3 Å². The highest BCUT2D eigenvalue weighted by molar-refractivity contribution is 8.00. The van der Waals surface area contributed by atoms with Crippen LogP contribution in [-0.4, -0.2) is 37.2 Å². The normalized spacial score (nSPS) is 10.3. The van der Waals surface area contributed by atoms with Gasteiger partial charge in [-0.05, 0) is 30.4 Å². The first-order valence-corrected chi connectivity index (χ1v) is 8.13. The van der Waals surface area contributed by atoms with E-state index in [0.29, 0.717) is 0 Å². The minimum absolute atomic E-state index is 0.748. The Morgan fingerprint density at radius 1 is 1.20 bits per heavy atom. The molecule has 108 valence electrons. The molecule has 0 fully saturated rings. The molecule has 0 amide bonds. The number of ether oxygens (including phenoxy) is 2. The van der Waals surface area contributed by atoms with E-state index in [9.17, 15) is 0 Å². The van der Waals surface area contributed by atoms with E-state index in [1.807, 2.05) is 24.5 Å². The summed E-state index contributed by atoms with van der Waals surface area (Å²) in [5.41, 5.74) is 1.18. The average Bonchev–Trinajstić information content (AvgIpc) is 2.95. The number of aromatic nitrogens is 2. The molecule has 20 heavy (non-hydrogen) atoms. The Hall–Kier alpha value is -1.47. The van der Waals surface area contributed by atoms with Crippen LogP contribution in [-0.2, 0) is 6.42 Å². The molecule has 0 unspecified atom stereocenters. The lowest BCUT2D eigenvalue weighted by Gasteiger charge is -2.09. The first-order chi connectivity index (χ1) is 9.76. The van der Waals surface area contributed by atoms with Crippen molar-refractivity contribution in [2.75, 3.05) is 32.3 Å². The lowest BCUT2D eigenvalue weighted by molar-refractivity contribution is 0.354. The van der Waals surface area contributed by atoms with Gasteiger partial charge in [-0.3, -0.25) is 0 Å². The predicted molar refractivity (Wildman–Crippen MR) is 83.4 cm³/mol. The van der Waals surface area contributed by atoms with E-state index < -0.39 is 0 Å². The van der Waals surface area contributed by atoms with E-state index in [0.717, 1.165) is 33.9 Å². The lowest BCUT2D eigenvalue weighted by Crippen LogP contribution is -2.04. The van der Waals surface area contributed by atoms with Crippen LogP contribution in [0.1, 0.15) is 5.56 Å². The van der Waals surface area contributed by atoms with Crippen LogP contribution in [0.5, 0.6) is 11.5 Å². The molecule has 7 heteroatoms. The molecule has 1 N–H and O–H groups in total. The van der Waals surface area contributed by atoms with Gasteiger partial charge in [-0.2, -0.15) is 0 Å². The summed E-state index contributed by atoms with van der Waals surface area (Å²) in [5, 5.41) is 12.2. The van der Waals surface area contributed by atoms with Crippen molar-refractivity contribution >= 4 is 28.2 Å². The van der Waals surface area contributed by atoms with E-state index in [2.05, 4.69) is 15.5 Å². The third-order valence-corrected chi connectivity index (χ3v) is 4.58. The largest absolute Gasteiger partial charge is 0.493 e. The monoisotopic (exact) mass is 311 g/mol. The molecule has 0 atom stereocenters. The van der Waals surface area contributed by atoms with Crippen molar-refractivity contribution in [3.63, 3.8) is 0 Å². The van der Waals surface area contributed by atoms with Crippen molar-refractivity contribution in [3.8, 4) is 11.5 Å². The van der Waals surface area contributed by atoms with Crippen LogP contribution < -0.4 is 14.8 Å². The summed E-state index contributed by atoms with van der Waals surface area (Å²) in [6.45, 7) is 0.804. The maximum atomic E-state index is 5.29. The minimum atomic E-state index is 0.748. The SMILES string of the molecule is COc1ccc(CCNc2nnc(SC)s2)cc1OC. The van der Waals surface area contributed by atoms with Gasteiger partial charge in [0.2, 0.25) is 5.13 Å². The molecule has 2 rings (SSSR count). The summed E-state index contributed by atoms with van der Waals surface area (Å²) < 4.78 is 11.5. The Labute approximate surface area is 126 Å². The van der Waals surface area contributed by atoms with Gasteiger partial charge in [0.1, 0.15) is 0 Å². The van der Waals surface area contributed by atoms with Gasteiger partial charge >= 0.3 is 0 Å². The zero-order valence-electron chi connectivity index (χ0n) is 11.7. The molecular weight excluding hydrogens is 294 g/mol. The van der Waals surface area contributed by atoms with Crippen LogP contribution in [0.4, 0.5) is 5.13 Å². The van der Waals surface area contributed by atoms with Crippen molar-refractivity contribution in [1.29, 1.82) is 0 Å². The molecule has 0 aliphatic heterocycles. The zero-order valence-corrected chi connectivity index (χ0v) is 13.3. The van der Waals surface area contributed by atoms with E-state index in [4.69, 9.17) is 9.47 Å². The quantitative estimate of drug-likeness (QED) is 0.794. The fourth-order valence-electron chi connectivity index (χ4n) is 1.71. The molecule has 1 aromatic heterocycles. The molecule has 2 aromatic rings. The van der Waals surface area contributed by atoms with E-state index in [-0.39, 0.29) is 0 Å². The van der Waals surface area contributed by atoms with Crippen LogP contribution in [0, 0.1) is 0 Å². The molecule has 0 aliphatic carbocycles. The fourth-order valence-corrected chi connectivity index (χ4v) is 2.91. The summed E-state index contributed by atoms with van der Waals surface area (Å²) in [6.07, 6.45) is 2.88. The molecule has 0 aliphatic rings. The van der Waals surface area contributed by atoms with Gasteiger partial charge in [-0.25, -0.2) is 0 Å². The summed E-state index contributed by atoms with van der Waals surface area (Å²) in [4.78, 5) is 0. The molecular formula is C13H17N3O2S2. The summed E-state index contributed by atoms with van der Waals surface area (Å²) in [6, 6.07) is 5.95. The Bertz CT molecular complexity index is 560. The molecule has 0 saturated carbocycles. The second-order valence-corrected chi connectivity index (χ2v) is 5.97. The number of nitrogens with one attached hydrogen (secondary N) is 1. The van der Waals surface area contributed by atoms with Crippen LogP contribution in [0.2, 0.25) is 0 Å². The van der Waals surface area contributed by atoms with Gasteiger partial charge < -0.3 is 14.8 Å². The molecule has 1 heterocycles. The van der Waals surface area contributed by atoms with E-state index in [1.165, 1.54) is 5.56 Å². The van der Waals surface area contributed by atoms with Gasteiger partial charge in [0.25, 0.3) is 0 Å². The summed E-state index contributed by atoms with van der Waals surface area (Å²) >= 11 is 3.17. The number of methoxy groups -OCH3 is 2. The lowest BCUT2D eigenvalue weighted by atomic mass is 10.1. The van der Waals surface area contributed by atoms with Crippen molar-refractivity contribution in [3.05, 3.63) is 23.8 Å². The highest BCUT2D eigenvalue weighted by Gasteiger charge is 2.05. The standard InChI is InChI=1S/C13H17N3O2S2/c1-17-10-5-4-9(8-11(10)18-2)6-7-14-12-15-16-13(19-3)20-12/h4-5,8H,6-7H2,1-3H3,(H,14,15). The smallest absolute Gasteiger partial charge is 0.206 e. The number of nitrogens with zero attached hydrogens (tertiary/aromatic N) is 2. The molecule has 0 spiro atoms. The number of benzene rings is 1. The second-order valence-electron chi connectivity index (χ2n) is 3.94. The second kappa shape index (κ2) is 7.35. The number of hydrogen-bond acceptors (Lipinski definition) is 7.